The van der Waals surface area contributed by atoms with Gasteiger partial charge in [0.2, 0.25) is 0 Å². The van der Waals surface area contributed by atoms with Crippen molar-refractivity contribution in [3.63, 3.8) is 0 Å². The van der Waals surface area contributed by atoms with Crippen LogP contribution in [0, 0.1) is 5.92 Å². The van der Waals surface area contributed by atoms with Gasteiger partial charge in [-0.2, -0.15) is 11.8 Å². The third-order valence-electron chi connectivity index (χ3n) is 3.05. The summed E-state index contributed by atoms with van der Waals surface area (Å²) >= 11 is 1.58. The van der Waals surface area contributed by atoms with Crippen molar-refractivity contribution in [3.05, 3.63) is 0 Å². The average Bonchev–Trinajstić information content (AvgIpc) is 3.14. The summed E-state index contributed by atoms with van der Waals surface area (Å²) in [7, 11) is 0. The van der Waals surface area contributed by atoms with Gasteiger partial charge in [-0.1, -0.05) is 0 Å². The van der Waals surface area contributed by atoms with Gasteiger partial charge in [0.1, 0.15) is 6.04 Å². The smallest absolute Gasteiger partial charge is 0.326 e. The van der Waals surface area contributed by atoms with E-state index in [1.54, 1.807) is 16.7 Å². The van der Waals surface area contributed by atoms with Gasteiger partial charge in [0, 0.05) is 13.1 Å². The van der Waals surface area contributed by atoms with Crippen molar-refractivity contribution in [2.75, 3.05) is 25.1 Å². The SMILES string of the molecule is CCN(CC1CC1)C(=O)NC(CCSC)C(=O)O. The van der Waals surface area contributed by atoms with Gasteiger partial charge < -0.3 is 15.3 Å². The van der Waals surface area contributed by atoms with E-state index in [0.29, 0.717) is 18.9 Å². The lowest BCUT2D eigenvalue weighted by Crippen LogP contribution is -2.48. The first-order valence-corrected chi connectivity index (χ1v) is 7.75. The minimum atomic E-state index is -0.958. The Morgan fingerprint density at radius 1 is 1.50 bits per heavy atom. The van der Waals surface area contributed by atoms with Crippen molar-refractivity contribution in [3.8, 4) is 0 Å². The van der Waals surface area contributed by atoms with Gasteiger partial charge in [-0.15, -0.1) is 0 Å². The highest BCUT2D eigenvalue weighted by Crippen LogP contribution is 2.29. The van der Waals surface area contributed by atoms with E-state index in [1.807, 2.05) is 13.2 Å². The molecule has 1 aliphatic carbocycles. The second-order valence-electron chi connectivity index (χ2n) is 4.60. The summed E-state index contributed by atoms with van der Waals surface area (Å²) in [6.45, 7) is 3.29. The number of nitrogens with one attached hydrogen (secondary N) is 1. The molecule has 1 fully saturated rings. The van der Waals surface area contributed by atoms with Crippen molar-refractivity contribution in [2.24, 2.45) is 5.92 Å². The summed E-state index contributed by atoms with van der Waals surface area (Å²) in [5.41, 5.74) is 0. The fraction of sp³-hybridized carbons (Fsp3) is 0.833. The van der Waals surface area contributed by atoms with Gasteiger partial charge in [0.15, 0.2) is 0 Å². The van der Waals surface area contributed by atoms with Crippen LogP contribution in [0.2, 0.25) is 0 Å². The van der Waals surface area contributed by atoms with Crippen LogP contribution in [0.25, 0.3) is 0 Å². The normalized spacial score (nSPS) is 16.1. The molecule has 2 N–H and O–H groups in total. The number of aliphatic carboxylic acids is 1. The van der Waals surface area contributed by atoms with Gasteiger partial charge in [0.25, 0.3) is 0 Å². The van der Waals surface area contributed by atoms with Crippen molar-refractivity contribution in [1.29, 1.82) is 0 Å². The van der Waals surface area contributed by atoms with Gasteiger partial charge in [0.05, 0.1) is 0 Å². The molecule has 0 radical (unpaired) electrons. The number of amides is 2. The Morgan fingerprint density at radius 3 is 2.61 bits per heavy atom. The molecule has 0 aromatic heterocycles. The van der Waals surface area contributed by atoms with Gasteiger partial charge >= 0.3 is 12.0 Å². The van der Waals surface area contributed by atoms with Crippen LogP contribution in [0.15, 0.2) is 0 Å². The first kappa shape index (κ1) is 15.1. The van der Waals surface area contributed by atoms with E-state index >= 15 is 0 Å². The molecule has 1 unspecified atom stereocenters. The van der Waals surface area contributed by atoms with Crippen LogP contribution < -0.4 is 5.32 Å². The van der Waals surface area contributed by atoms with Gasteiger partial charge in [-0.25, -0.2) is 9.59 Å². The van der Waals surface area contributed by atoms with Gasteiger partial charge in [-0.05, 0) is 44.1 Å². The molecule has 1 saturated carbocycles. The van der Waals surface area contributed by atoms with Crippen molar-refractivity contribution in [1.82, 2.24) is 10.2 Å². The summed E-state index contributed by atoms with van der Waals surface area (Å²) < 4.78 is 0. The minimum Gasteiger partial charge on any atom is -0.480 e. The number of nitrogens with zero attached hydrogens (tertiary/aromatic N) is 1. The molecule has 0 heterocycles. The topological polar surface area (TPSA) is 69.6 Å². The van der Waals surface area contributed by atoms with Crippen LogP contribution in [-0.2, 0) is 4.79 Å². The number of urea groups is 1. The van der Waals surface area contributed by atoms with E-state index in [4.69, 9.17) is 5.11 Å². The summed E-state index contributed by atoms with van der Waals surface area (Å²) in [4.78, 5) is 24.7. The van der Waals surface area contributed by atoms with Crippen molar-refractivity contribution in [2.45, 2.75) is 32.2 Å². The molecule has 0 saturated heterocycles. The van der Waals surface area contributed by atoms with Crippen LogP contribution >= 0.6 is 11.8 Å². The molecule has 2 amide bonds. The first-order chi connectivity index (χ1) is 8.58. The number of rotatable bonds is 8. The number of hydrogen-bond donors (Lipinski definition) is 2. The molecule has 0 aliphatic heterocycles. The molecular weight excluding hydrogens is 252 g/mol. The molecular formula is C12H22N2O3S. The molecule has 6 heteroatoms. The number of carboxylic acid groups (broad SMARTS) is 1. The van der Waals surface area contributed by atoms with E-state index in [1.165, 1.54) is 12.8 Å². The maximum atomic E-state index is 12.0. The number of carbonyl (C=O) groups excluding carboxylic acids is 1. The summed E-state index contributed by atoms with van der Waals surface area (Å²) in [5.74, 6) is 0.386. The quantitative estimate of drug-likeness (QED) is 0.706. The average molecular weight is 274 g/mol. The molecule has 5 nitrogen and oxygen atoms in total. The Kier molecular flexibility index (Phi) is 6.32. The molecule has 0 aromatic carbocycles. The molecule has 104 valence electrons. The fourth-order valence-electron chi connectivity index (χ4n) is 1.70. The summed E-state index contributed by atoms with van der Waals surface area (Å²) in [6.07, 6.45) is 4.74. The predicted molar refractivity (Wildman–Crippen MR) is 72.9 cm³/mol. The van der Waals surface area contributed by atoms with E-state index in [0.717, 1.165) is 12.3 Å². The first-order valence-electron chi connectivity index (χ1n) is 6.35. The monoisotopic (exact) mass is 274 g/mol. The zero-order valence-corrected chi connectivity index (χ0v) is 11.8. The Balaban J connectivity index is 2.43. The predicted octanol–water partition coefficient (Wildman–Crippen LogP) is 1.63. The second kappa shape index (κ2) is 7.51. The molecule has 1 atom stereocenters. The maximum absolute atomic E-state index is 12.0. The van der Waals surface area contributed by atoms with E-state index in [9.17, 15) is 9.59 Å². The van der Waals surface area contributed by atoms with Crippen LogP contribution in [0.1, 0.15) is 26.2 Å². The van der Waals surface area contributed by atoms with Crippen LogP contribution in [0.4, 0.5) is 4.79 Å². The summed E-state index contributed by atoms with van der Waals surface area (Å²) in [6, 6.07) is -1.03. The molecule has 18 heavy (non-hydrogen) atoms. The largest absolute Gasteiger partial charge is 0.480 e. The lowest BCUT2D eigenvalue weighted by molar-refractivity contribution is -0.139. The Morgan fingerprint density at radius 2 is 2.17 bits per heavy atom. The lowest BCUT2D eigenvalue weighted by atomic mass is 10.2. The Labute approximate surface area is 112 Å². The molecule has 1 aliphatic rings. The minimum absolute atomic E-state index is 0.252. The number of carbonyl (C=O) groups is 2. The van der Waals surface area contributed by atoms with Crippen LogP contribution in [0.5, 0.6) is 0 Å². The maximum Gasteiger partial charge on any atom is 0.326 e. The zero-order chi connectivity index (χ0) is 13.5. The van der Waals surface area contributed by atoms with E-state index < -0.39 is 12.0 Å². The molecule has 0 aromatic rings. The highest BCUT2D eigenvalue weighted by molar-refractivity contribution is 7.98. The number of thioether (sulfide) groups is 1. The third-order valence-corrected chi connectivity index (χ3v) is 3.69. The van der Waals surface area contributed by atoms with Crippen LogP contribution in [0.3, 0.4) is 0 Å². The molecule has 1 rings (SSSR count). The molecule has 0 bridgehead atoms. The van der Waals surface area contributed by atoms with E-state index in [-0.39, 0.29) is 6.03 Å². The van der Waals surface area contributed by atoms with Crippen molar-refractivity contribution >= 4 is 23.8 Å². The standard InChI is InChI=1S/C12H22N2O3S/c1-3-14(8-9-4-5-9)12(17)13-10(11(15)16)6-7-18-2/h9-10H,3-8H2,1-2H3,(H,13,17)(H,15,16). The number of carboxylic acids is 1. The summed E-state index contributed by atoms with van der Waals surface area (Å²) in [5, 5.41) is 11.7. The highest BCUT2D eigenvalue weighted by Gasteiger charge is 2.28. The zero-order valence-electron chi connectivity index (χ0n) is 11.0. The Hall–Kier alpha value is -0.910. The van der Waals surface area contributed by atoms with E-state index in [2.05, 4.69) is 5.32 Å². The van der Waals surface area contributed by atoms with Crippen molar-refractivity contribution < 1.29 is 14.7 Å². The lowest BCUT2D eigenvalue weighted by Gasteiger charge is -2.23. The Bertz CT molecular complexity index is 295. The van der Waals surface area contributed by atoms with Gasteiger partial charge in [-0.3, -0.25) is 0 Å². The fourth-order valence-corrected chi connectivity index (χ4v) is 2.17. The highest BCUT2D eigenvalue weighted by atomic mass is 32.2. The van der Waals surface area contributed by atoms with Crippen LogP contribution in [-0.4, -0.2) is 53.1 Å². The second-order valence-corrected chi connectivity index (χ2v) is 5.59. The molecule has 0 spiro atoms. The third kappa shape index (κ3) is 5.16. The number of hydrogen-bond acceptors (Lipinski definition) is 3.